The second-order valence-corrected chi connectivity index (χ2v) is 5.09. The molecule has 21 heavy (non-hydrogen) atoms. The van der Waals surface area contributed by atoms with Crippen molar-refractivity contribution in [3.63, 3.8) is 0 Å². The van der Waals surface area contributed by atoms with Gasteiger partial charge in [-0.1, -0.05) is 16.8 Å². The molecular formula is C13H11ClN6O. The number of carbonyl (C=O) groups is 1. The van der Waals surface area contributed by atoms with E-state index in [-0.39, 0.29) is 11.7 Å². The largest absolute Gasteiger partial charge is 0.319 e. The Kier molecular flexibility index (Phi) is 3.56. The number of nitrogens with zero attached hydrogens (tertiary/aromatic N) is 4. The topological polar surface area (TPSA) is 95.6 Å². The van der Waals surface area contributed by atoms with Crippen molar-refractivity contribution in [3.8, 4) is 6.07 Å². The zero-order valence-corrected chi connectivity index (χ0v) is 11.6. The molecule has 8 heteroatoms. The smallest absolute Gasteiger partial charge is 0.277 e. The zero-order valence-electron chi connectivity index (χ0n) is 10.9. The molecule has 2 aromatic rings. The van der Waals surface area contributed by atoms with Crippen molar-refractivity contribution in [2.45, 2.75) is 6.04 Å². The van der Waals surface area contributed by atoms with Crippen LogP contribution < -0.4 is 10.6 Å². The molecule has 0 saturated carbocycles. The minimum Gasteiger partial charge on any atom is -0.319 e. The fourth-order valence-corrected chi connectivity index (χ4v) is 2.10. The number of amides is 1. The van der Waals surface area contributed by atoms with E-state index in [2.05, 4.69) is 20.9 Å². The van der Waals surface area contributed by atoms with E-state index in [1.165, 1.54) is 6.07 Å². The summed E-state index contributed by atoms with van der Waals surface area (Å²) in [4.78, 5) is 12.1. The molecule has 106 valence electrons. The Balaban J connectivity index is 1.78. The Hall–Kier alpha value is -2.43. The molecule has 1 saturated heterocycles. The fourth-order valence-electron chi connectivity index (χ4n) is 1.92. The van der Waals surface area contributed by atoms with E-state index in [4.69, 9.17) is 16.9 Å². The van der Waals surface area contributed by atoms with Gasteiger partial charge in [-0.05, 0) is 18.2 Å². The molecule has 1 aliphatic rings. The maximum absolute atomic E-state index is 12.1. The normalized spacial score (nSPS) is 14.3. The van der Waals surface area contributed by atoms with E-state index < -0.39 is 5.91 Å². The summed E-state index contributed by atoms with van der Waals surface area (Å²) in [6, 6.07) is 6.90. The fraction of sp³-hybridized carbons (Fsp3) is 0.231. The lowest BCUT2D eigenvalue weighted by atomic mass is 10.2. The van der Waals surface area contributed by atoms with Gasteiger partial charge in [-0.2, -0.15) is 5.26 Å². The molecule has 0 unspecified atom stereocenters. The predicted octanol–water partition coefficient (Wildman–Crippen LogP) is 1.20. The van der Waals surface area contributed by atoms with Gasteiger partial charge in [0.15, 0.2) is 5.69 Å². The molecule has 0 aliphatic carbocycles. The van der Waals surface area contributed by atoms with E-state index >= 15 is 0 Å². The molecule has 0 radical (unpaired) electrons. The summed E-state index contributed by atoms with van der Waals surface area (Å²) in [5.74, 6) is -0.424. The molecule has 0 spiro atoms. The standard InChI is InChI=1S/C13H11ClN6O/c14-9-2-1-8(4-15)11(3-9)17-13(21)12-7-20(19-18-12)10-5-16-6-10/h1-3,7,10,16H,5-6H2,(H,17,21). The summed E-state index contributed by atoms with van der Waals surface area (Å²) in [5, 5.41) is 23.0. The van der Waals surface area contributed by atoms with Crippen LogP contribution in [0.2, 0.25) is 5.02 Å². The van der Waals surface area contributed by atoms with Crippen LogP contribution in [0, 0.1) is 11.3 Å². The first-order chi connectivity index (χ1) is 10.2. The van der Waals surface area contributed by atoms with E-state index in [0.717, 1.165) is 13.1 Å². The summed E-state index contributed by atoms with van der Waals surface area (Å²) < 4.78 is 1.66. The molecule has 1 amide bonds. The first-order valence-corrected chi connectivity index (χ1v) is 6.68. The number of hydrogen-bond acceptors (Lipinski definition) is 5. The Morgan fingerprint density at radius 1 is 1.52 bits per heavy atom. The van der Waals surface area contributed by atoms with Crippen molar-refractivity contribution < 1.29 is 4.79 Å². The monoisotopic (exact) mass is 302 g/mol. The van der Waals surface area contributed by atoms with Crippen LogP contribution in [0.1, 0.15) is 22.1 Å². The number of nitrogens with one attached hydrogen (secondary N) is 2. The van der Waals surface area contributed by atoms with Crippen molar-refractivity contribution in [3.05, 3.63) is 40.7 Å². The van der Waals surface area contributed by atoms with Crippen LogP contribution in [0.15, 0.2) is 24.4 Å². The average Bonchev–Trinajstić information content (AvgIpc) is 2.86. The number of nitriles is 1. The van der Waals surface area contributed by atoms with E-state index in [1.807, 2.05) is 6.07 Å². The Morgan fingerprint density at radius 2 is 2.33 bits per heavy atom. The van der Waals surface area contributed by atoms with Crippen molar-refractivity contribution >= 4 is 23.2 Å². The predicted molar refractivity (Wildman–Crippen MR) is 76.0 cm³/mol. The SMILES string of the molecule is N#Cc1ccc(Cl)cc1NC(=O)c1cn(C2CNC2)nn1. The second-order valence-electron chi connectivity index (χ2n) is 4.65. The van der Waals surface area contributed by atoms with Gasteiger partial charge >= 0.3 is 0 Å². The molecule has 1 aromatic heterocycles. The van der Waals surface area contributed by atoms with Crippen molar-refractivity contribution in [2.24, 2.45) is 0 Å². The second kappa shape index (κ2) is 5.52. The van der Waals surface area contributed by atoms with Crippen LogP contribution in [0.4, 0.5) is 5.69 Å². The Labute approximate surface area is 125 Å². The lowest BCUT2D eigenvalue weighted by molar-refractivity contribution is 0.102. The molecule has 2 heterocycles. The average molecular weight is 303 g/mol. The van der Waals surface area contributed by atoms with E-state index in [0.29, 0.717) is 16.3 Å². The molecule has 1 fully saturated rings. The number of halogens is 1. The maximum atomic E-state index is 12.1. The lowest BCUT2D eigenvalue weighted by Crippen LogP contribution is -2.43. The van der Waals surface area contributed by atoms with Crippen LogP contribution in [0.25, 0.3) is 0 Å². The van der Waals surface area contributed by atoms with Gasteiger partial charge in [0.05, 0.1) is 23.5 Å². The van der Waals surface area contributed by atoms with Crippen molar-refractivity contribution in [1.82, 2.24) is 20.3 Å². The molecule has 3 rings (SSSR count). The molecule has 0 bridgehead atoms. The minimum atomic E-state index is -0.424. The number of carbonyl (C=O) groups excluding carboxylic acids is 1. The summed E-state index contributed by atoms with van der Waals surface area (Å²) in [6.45, 7) is 1.63. The first kappa shape index (κ1) is 13.5. The molecule has 1 aliphatic heterocycles. The van der Waals surface area contributed by atoms with Crippen molar-refractivity contribution in [1.29, 1.82) is 5.26 Å². The number of anilines is 1. The van der Waals surface area contributed by atoms with Crippen LogP contribution in [-0.4, -0.2) is 34.0 Å². The Bertz CT molecular complexity index is 731. The lowest BCUT2D eigenvalue weighted by Gasteiger charge is -2.26. The van der Waals surface area contributed by atoms with Gasteiger partial charge in [-0.3, -0.25) is 4.79 Å². The van der Waals surface area contributed by atoms with Crippen LogP contribution >= 0.6 is 11.6 Å². The third-order valence-corrected chi connectivity index (χ3v) is 3.46. The van der Waals surface area contributed by atoms with E-state index in [9.17, 15) is 4.79 Å². The first-order valence-electron chi connectivity index (χ1n) is 6.31. The van der Waals surface area contributed by atoms with Gasteiger partial charge in [-0.25, -0.2) is 4.68 Å². The number of hydrogen-bond donors (Lipinski definition) is 2. The molecular weight excluding hydrogens is 292 g/mol. The van der Waals surface area contributed by atoms with Gasteiger partial charge in [-0.15, -0.1) is 5.10 Å². The highest BCUT2D eigenvalue weighted by molar-refractivity contribution is 6.31. The Morgan fingerprint density at radius 3 is 3.00 bits per heavy atom. The van der Waals surface area contributed by atoms with Gasteiger partial charge in [0.2, 0.25) is 0 Å². The van der Waals surface area contributed by atoms with Gasteiger partial charge in [0, 0.05) is 18.1 Å². The minimum absolute atomic E-state index is 0.200. The maximum Gasteiger partial charge on any atom is 0.277 e. The molecule has 0 atom stereocenters. The number of aromatic nitrogens is 3. The van der Waals surface area contributed by atoms with Crippen LogP contribution in [-0.2, 0) is 0 Å². The van der Waals surface area contributed by atoms with Crippen LogP contribution in [0.3, 0.4) is 0 Å². The molecule has 7 nitrogen and oxygen atoms in total. The summed E-state index contributed by atoms with van der Waals surface area (Å²) in [7, 11) is 0. The molecule has 2 N–H and O–H groups in total. The number of rotatable bonds is 3. The van der Waals surface area contributed by atoms with Gasteiger partial charge in [0.25, 0.3) is 5.91 Å². The van der Waals surface area contributed by atoms with Crippen molar-refractivity contribution in [2.75, 3.05) is 18.4 Å². The van der Waals surface area contributed by atoms with Gasteiger partial charge < -0.3 is 10.6 Å². The molecule has 1 aromatic carbocycles. The third-order valence-electron chi connectivity index (χ3n) is 3.23. The summed E-state index contributed by atoms with van der Waals surface area (Å²) in [6.07, 6.45) is 1.59. The van der Waals surface area contributed by atoms with Crippen LogP contribution in [0.5, 0.6) is 0 Å². The highest BCUT2D eigenvalue weighted by Gasteiger charge is 2.22. The quantitative estimate of drug-likeness (QED) is 0.888. The zero-order chi connectivity index (χ0) is 14.8. The highest BCUT2D eigenvalue weighted by Crippen LogP contribution is 2.21. The third kappa shape index (κ3) is 2.72. The summed E-state index contributed by atoms with van der Waals surface area (Å²) in [5.41, 5.74) is 0.893. The highest BCUT2D eigenvalue weighted by atomic mass is 35.5. The number of benzene rings is 1. The van der Waals surface area contributed by atoms with Gasteiger partial charge in [0.1, 0.15) is 6.07 Å². The summed E-state index contributed by atoms with van der Waals surface area (Å²) >= 11 is 5.88. The van der Waals surface area contributed by atoms with E-state index in [1.54, 1.807) is 23.0 Å².